The number of aromatic amines is 1. The monoisotopic (exact) mass is 543 g/mol. The van der Waals surface area contributed by atoms with E-state index in [4.69, 9.17) is 16.3 Å². The van der Waals surface area contributed by atoms with Gasteiger partial charge in [-0.05, 0) is 54.8 Å². The number of esters is 1. The summed E-state index contributed by atoms with van der Waals surface area (Å²) in [5.41, 5.74) is 3.37. The summed E-state index contributed by atoms with van der Waals surface area (Å²) in [6.45, 7) is 3.71. The molecule has 4 aromatic rings. The van der Waals surface area contributed by atoms with E-state index in [0.717, 1.165) is 16.7 Å². The average Bonchev–Trinajstić information content (AvgIpc) is 2.91. The van der Waals surface area contributed by atoms with Crippen LogP contribution in [-0.4, -0.2) is 34.4 Å². The van der Waals surface area contributed by atoms with Crippen LogP contribution in [0.4, 0.5) is 11.6 Å². The predicted molar refractivity (Wildman–Crippen MR) is 151 cm³/mol. The summed E-state index contributed by atoms with van der Waals surface area (Å²) in [6.07, 6.45) is -0.198. The number of anilines is 1. The molecule has 39 heavy (non-hydrogen) atoms. The molecule has 3 N–H and O–H groups in total. The number of benzene rings is 3. The second-order valence-corrected chi connectivity index (χ2v) is 8.84. The number of carbonyl (C=O) groups is 2. The van der Waals surface area contributed by atoms with E-state index in [1.807, 2.05) is 49.4 Å². The molecule has 198 valence electrons. The van der Waals surface area contributed by atoms with Crippen molar-refractivity contribution < 1.29 is 14.3 Å². The number of hydrogen-bond donors (Lipinski definition) is 3. The number of H-pyrrole nitrogens is 1. The van der Waals surface area contributed by atoms with Crippen LogP contribution >= 0.6 is 11.6 Å². The van der Waals surface area contributed by atoms with Crippen LogP contribution in [0, 0.1) is 6.92 Å². The molecule has 9 nitrogen and oxygen atoms in total. The van der Waals surface area contributed by atoms with Crippen LogP contribution in [0.25, 0.3) is 11.1 Å². The summed E-state index contributed by atoms with van der Waals surface area (Å²) >= 11 is 6.27. The van der Waals surface area contributed by atoms with Gasteiger partial charge in [0.05, 0.1) is 18.7 Å². The molecule has 0 aliphatic rings. The molecular weight excluding hydrogens is 518 g/mol. The fourth-order valence-corrected chi connectivity index (χ4v) is 3.86. The third-order valence-electron chi connectivity index (χ3n) is 5.64. The Hall–Kier alpha value is -4.76. The molecule has 0 saturated carbocycles. The minimum Gasteiger partial charge on any atom is -0.466 e. The number of nitrogens with one attached hydrogen (secondary N) is 3. The Bertz CT molecular complexity index is 1570. The van der Waals surface area contributed by atoms with Gasteiger partial charge in [-0.2, -0.15) is 4.99 Å². The highest BCUT2D eigenvalue weighted by Gasteiger charge is 2.14. The van der Waals surface area contributed by atoms with E-state index in [9.17, 15) is 14.4 Å². The zero-order chi connectivity index (χ0) is 27.8. The number of guanidine groups is 1. The Labute approximate surface area is 229 Å². The van der Waals surface area contributed by atoms with Gasteiger partial charge in [0.25, 0.3) is 11.5 Å². The number of hydrogen-bond acceptors (Lipinski definition) is 6. The smallest absolute Gasteiger partial charge is 0.311 e. The highest BCUT2D eigenvalue weighted by Crippen LogP contribution is 2.23. The van der Waals surface area contributed by atoms with Gasteiger partial charge >= 0.3 is 5.97 Å². The van der Waals surface area contributed by atoms with Crippen molar-refractivity contribution in [3.05, 3.63) is 111 Å². The summed E-state index contributed by atoms with van der Waals surface area (Å²) in [6, 6.07) is 23.4. The van der Waals surface area contributed by atoms with Crippen LogP contribution in [0.5, 0.6) is 0 Å². The van der Waals surface area contributed by atoms with Gasteiger partial charge in [-0.15, -0.1) is 0 Å². The zero-order valence-electron chi connectivity index (χ0n) is 21.3. The first-order valence-electron chi connectivity index (χ1n) is 12.2. The number of aromatic nitrogens is 2. The second-order valence-electron chi connectivity index (χ2n) is 8.44. The lowest BCUT2D eigenvalue weighted by molar-refractivity contribution is -0.142. The van der Waals surface area contributed by atoms with Gasteiger partial charge in [-0.3, -0.25) is 24.7 Å². The molecule has 0 spiro atoms. The average molecular weight is 544 g/mol. The molecule has 0 fully saturated rings. The molecule has 0 bridgehead atoms. The molecule has 10 heteroatoms. The lowest BCUT2D eigenvalue weighted by atomic mass is 10.0. The summed E-state index contributed by atoms with van der Waals surface area (Å²) in [4.78, 5) is 48.4. The zero-order valence-corrected chi connectivity index (χ0v) is 22.1. The van der Waals surface area contributed by atoms with Gasteiger partial charge in [0.2, 0.25) is 11.9 Å². The van der Waals surface area contributed by atoms with E-state index in [1.165, 1.54) is 6.07 Å². The fourth-order valence-electron chi connectivity index (χ4n) is 3.69. The van der Waals surface area contributed by atoms with Crippen molar-refractivity contribution in [2.45, 2.75) is 20.3 Å². The Balaban J connectivity index is 1.64. The van der Waals surface area contributed by atoms with E-state index >= 15 is 0 Å². The van der Waals surface area contributed by atoms with E-state index < -0.39 is 17.4 Å². The SMILES string of the molecule is CCOC(=O)Cc1cc(=O)[nH]c(N=C(NC(=O)c2ccc(-c3ccccc3)cc2)Nc2cccc(Cl)c2C)n1. The number of carbonyl (C=O) groups excluding carboxylic acids is 2. The number of nitrogens with zero attached hydrogens (tertiary/aromatic N) is 2. The Morgan fingerprint density at radius 2 is 1.72 bits per heavy atom. The molecule has 0 unspecified atom stereocenters. The van der Waals surface area contributed by atoms with Crippen LogP contribution in [0.1, 0.15) is 28.5 Å². The highest BCUT2D eigenvalue weighted by atomic mass is 35.5. The lowest BCUT2D eigenvalue weighted by Gasteiger charge is -2.14. The topological polar surface area (TPSA) is 126 Å². The standard InChI is InChI=1S/C29H26ClN5O4/c1-3-39-26(37)17-22-16-25(36)33-28(31-22)35-29(32-24-11-7-10-23(30)18(24)2)34-27(38)21-14-12-20(13-15-21)19-8-5-4-6-9-19/h4-16H,3,17H2,1-2H3,(H3,31,32,33,34,35,36,38). The highest BCUT2D eigenvalue weighted by molar-refractivity contribution is 6.31. The largest absolute Gasteiger partial charge is 0.466 e. The van der Waals surface area contributed by atoms with Gasteiger partial charge in [0, 0.05) is 22.3 Å². The molecule has 0 atom stereocenters. The Morgan fingerprint density at radius 3 is 2.44 bits per heavy atom. The van der Waals surface area contributed by atoms with Crippen molar-refractivity contribution in [3.63, 3.8) is 0 Å². The van der Waals surface area contributed by atoms with Gasteiger partial charge in [0.15, 0.2) is 0 Å². The van der Waals surface area contributed by atoms with Crippen molar-refractivity contribution in [1.29, 1.82) is 0 Å². The van der Waals surface area contributed by atoms with Gasteiger partial charge < -0.3 is 10.1 Å². The predicted octanol–water partition coefficient (Wildman–Crippen LogP) is 5.03. The molecule has 0 aliphatic heterocycles. The molecule has 4 rings (SSSR count). The Kier molecular flexibility index (Phi) is 8.86. The van der Waals surface area contributed by atoms with Crippen molar-refractivity contribution >= 4 is 41.1 Å². The first-order valence-corrected chi connectivity index (χ1v) is 12.5. The van der Waals surface area contributed by atoms with E-state index in [0.29, 0.717) is 16.3 Å². The molecule has 1 heterocycles. The third-order valence-corrected chi connectivity index (χ3v) is 6.05. The first-order chi connectivity index (χ1) is 18.8. The Morgan fingerprint density at radius 1 is 1.00 bits per heavy atom. The summed E-state index contributed by atoms with van der Waals surface area (Å²) in [7, 11) is 0. The molecule has 1 amide bonds. The third kappa shape index (κ3) is 7.39. The maximum atomic E-state index is 13.2. The van der Waals surface area contributed by atoms with Crippen molar-refractivity contribution in [1.82, 2.24) is 15.3 Å². The lowest BCUT2D eigenvalue weighted by Crippen LogP contribution is -2.36. The van der Waals surface area contributed by atoms with Crippen LogP contribution in [0.15, 0.2) is 88.6 Å². The van der Waals surface area contributed by atoms with Crippen molar-refractivity contribution in [2.75, 3.05) is 11.9 Å². The van der Waals surface area contributed by atoms with Gasteiger partial charge in [-0.1, -0.05) is 60.1 Å². The van der Waals surface area contributed by atoms with Crippen molar-refractivity contribution in [3.8, 4) is 11.1 Å². The normalized spacial score (nSPS) is 11.1. The minimum absolute atomic E-state index is 0.00561. The second kappa shape index (κ2) is 12.7. The summed E-state index contributed by atoms with van der Waals surface area (Å²) in [5.74, 6) is -1.08. The maximum absolute atomic E-state index is 13.2. The van der Waals surface area contributed by atoms with Crippen LogP contribution in [0.2, 0.25) is 5.02 Å². The summed E-state index contributed by atoms with van der Waals surface area (Å²) < 4.78 is 4.94. The quantitative estimate of drug-likeness (QED) is 0.170. The van der Waals surface area contributed by atoms with E-state index in [-0.39, 0.29) is 30.6 Å². The van der Waals surface area contributed by atoms with Crippen LogP contribution in [0.3, 0.4) is 0 Å². The number of ether oxygens (including phenoxy) is 1. The number of aliphatic imine (C=N–C) groups is 1. The number of halogens is 1. The van der Waals surface area contributed by atoms with Gasteiger partial charge in [-0.25, -0.2) is 4.98 Å². The number of rotatable bonds is 7. The molecule has 1 aromatic heterocycles. The van der Waals surface area contributed by atoms with E-state index in [1.54, 1.807) is 37.3 Å². The van der Waals surface area contributed by atoms with Gasteiger partial charge in [0.1, 0.15) is 0 Å². The minimum atomic E-state index is -0.523. The van der Waals surface area contributed by atoms with Crippen LogP contribution in [-0.2, 0) is 16.0 Å². The maximum Gasteiger partial charge on any atom is 0.311 e. The van der Waals surface area contributed by atoms with Crippen LogP contribution < -0.4 is 16.2 Å². The molecule has 3 aromatic carbocycles. The summed E-state index contributed by atoms with van der Waals surface area (Å²) in [5, 5.41) is 6.31. The van der Waals surface area contributed by atoms with E-state index in [2.05, 4.69) is 25.6 Å². The molecule has 0 radical (unpaired) electrons. The van der Waals surface area contributed by atoms with Crippen molar-refractivity contribution in [2.24, 2.45) is 4.99 Å². The molecule has 0 aliphatic carbocycles. The number of amides is 1. The first kappa shape index (κ1) is 27.3. The molecule has 0 saturated heterocycles. The molecular formula is C29H26ClN5O4. The fraction of sp³-hybridized carbons (Fsp3) is 0.138.